The molecule has 0 spiro atoms. The van der Waals surface area contributed by atoms with Crippen LogP contribution in [-0.4, -0.2) is 17.8 Å². The highest BCUT2D eigenvalue weighted by Crippen LogP contribution is 2.15. The standard InChI is InChI=1S/C13H17BrClNO/c1-3-12(15)4-5-16-13(17)10-6-9(2)7-11(14)8-10/h6-8,12H,3-5H2,1-2H3,(H,16,17). The van der Waals surface area contributed by atoms with Crippen LogP contribution >= 0.6 is 27.5 Å². The first-order valence-electron chi connectivity index (χ1n) is 5.72. The lowest BCUT2D eigenvalue weighted by Gasteiger charge is -2.08. The van der Waals surface area contributed by atoms with Gasteiger partial charge in [0.1, 0.15) is 0 Å². The van der Waals surface area contributed by atoms with Crippen LogP contribution < -0.4 is 5.32 Å². The number of alkyl halides is 1. The number of benzene rings is 1. The maximum absolute atomic E-state index is 11.8. The summed E-state index contributed by atoms with van der Waals surface area (Å²) in [7, 11) is 0. The van der Waals surface area contributed by atoms with Crippen LogP contribution in [0.5, 0.6) is 0 Å². The fraction of sp³-hybridized carbons (Fsp3) is 0.462. The summed E-state index contributed by atoms with van der Waals surface area (Å²) in [5.41, 5.74) is 1.74. The molecule has 0 aromatic heterocycles. The average molecular weight is 319 g/mol. The third-order valence-corrected chi connectivity index (χ3v) is 3.48. The zero-order valence-corrected chi connectivity index (χ0v) is 12.4. The molecule has 2 nitrogen and oxygen atoms in total. The molecule has 0 aliphatic rings. The first-order valence-corrected chi connectivity index (χ1v) is 6.95. The summed E-state index contributed by atoms with van der Waals surface area (Å²) in [5, 5.41) is 3.01. The van der Waals surface area contributed by atoms with Crippen molar-refractivity contribution in [3.63, 3.8) is 0 Å². The van der Waals surface area contributed by atoms with Gasteiger partial charge in [-0.25, -0.2) is 0 Å². The lowest BCUT2D eigenvalue weighted by molar-refractivity contribution is 0.0953. The number of carbonyl (C=O) groups is 1. The Labute approximate surface area is 116 Å². The molecular formula is C13H17BrClNO. The second kappa shape index (κ2) is 7.02. The van der Waals surface area contributed by atoms with E-state index in [1.807, 2.05) is 32.0 Å². The molecule has 1 unspecified atom stereocenters. The molecule has 1 aromatic carbocycles. The highest BCUT2D eigenvalue weighted by atomic mass is 79.9. The SMILES string of the molecule is CCC(Cl)CCNC(=O)c1cc(C)cc(Br)c1. The zero-order valence-electron chi connectivity index (χ0n) is 10.1. The Balaban J connectivity index is 2.52. The van der Waals surface area contributed by atoms with Gasteiger partial charge in [-0.05, 0) is 43.5 Å². The van der Waals surface area contributed by atoms with Crippen molar-refractivity contribution < 1.29 is 4.79 Å². The van der Waals surface area contributed by atoms with E-state index in [0.717, 1.165) is 22.9 Å². The van der Waals surface area contributed by atoms with Crippen LogP contribution in [0.25, 0.3) is 0 Å². The molecule has 17 heavy (non-hydrogen) atoms. The molecule has 0 aliphatic carbocycles. The molecule has 0 heterocycles. The van der Waals surface area contributed by atoms with Crippen molar-refractivity contribution in [2.45, 2.75) is 32.1 Å². The molecular weight excluding hydrogens is 302 g/mol. The number of amides is 1. The first kappa shape index (κ1) is 14.5. The third kappa shape index (κ3) is 5.09. The molecule has 0 saturated heterocycles. The number of halogens is 2. The maximum atomic E-state index is 11.8. The molecule has 0 bridgehead atoms. The lowest BCUT2D eigenvalue weighted by atomic mass is 10.1. The third-order valence-electron chi connectivity index (χ3n) is 2.49. The van der Waals surface area contributed by atoms with Crippen molar-refractivity contribution in [2.24, 2.45) is 0 Å². The summed E-state index contributed by atoms with van der Waals surface area (Å²) >= 11 is 9.37. The van der Waals surface area contributed by atoms with Gasteiger partial charge < -0.3 is 5.32 Å². The number of carbonyl (C=O) groups excluding carboxylic acids is 1. The Morgan fingerprint density at radius 2 is 2.18 bits per heavy atom. The van der Waals surface area contributed by atoms with Gasteiger partial charge in [-0.1, -0.05) is 22.9 Å². The van der Waals surface area contributed by atoms with Gasteiger partial charge in [0.15, 0.2) is 0 Å². The van der Waals surface area contributed by atoms with Crippen molar-refractivity contribution in [1.29, 1.82) is 0 Å². The van der Waals surface area contributed by atoms with Crippen molar-refractivity contribution >= 4 is 33.4 Å². The molecule has 0 fully saturated rings. The van der Waals surface area contributed by atoms with Crippen LogP contribution in [0.15, 0.2) is 22.7 Å². The van der Waals surface area contributed by atoms with Crippen LogP contribution in [-0.2, 0) is 0 Å². The van der Waals surface area contributed by atoms with Gasteiger partial charge in [-0.3, -0.25) is 4.79 Å². The predicted molar refractivity (Wildman–Crippen MR) is 75.8 cm³/mol. The van der Waals surface area contributed by atoms with Crippen LogP contribution in [0.4, 0.5) is 0 Å². The van der Waals surface area contributed by atoms with Crippen LogP contribution in [0.1, 0.15) is 35.7 Å². The predicted octanol–water partition coefficient (Wildman–Crippen LogP) is 3.89. The summed E-state index contributed by atoms with van der Waals surface area (Å²) in [6, 6.07) is 5.67. The largest absolute Gasteiger partial charge is 0.352 e. The molecule has 1 amide bonds. The zero-order chi connectivity index (χ0) is 12.8. The van der Waals surface area contributed by atoms with E-state index in [1.165, 1.54) is 0 Å². The second-order valence-electron chi connectivity index (χ2n) is 4.07. The molecule has 4 heteroatoms. The number of aryl methyl sites for hydroxylation is 1. The second-order valence-corrected chi connectivity index (χ2v) is 5.60. The monoisotopic (exact) mass is 317 g/mol. The van der Waals surface area contributed by atoms with Gasteiger partial charge in [0.25, 0.3) is 5.91 Å². The van der Waals surface area contributed by atoms with Gasteiger partial charge >= 0.3 is 0 Å². The van der Waals surface area contributed by atoms with E-state index in [1.54, 1.807) is 0 Å². The summed E-state index contributed by atoms with van der Waals surface area (Å²) in [5.74, 6) is -0.0469. The summed E-state index contributed by atoms with van der Waals surface area (Å²) in [4.78, 5) is 11.8. The summed E-state index contributed by atoms with van der Waals surface area (Å²) < 4.78 is 0.923. The topological polar surface area (TPSA) is 29.1 Å². The highest BCUT2D eigenvalue weighted by Gasteiger charge is 2.07. The van der Waals surface area contributed by atoms with E-state index in [4.69, 9.17) is 11.6 Å². The van der Waals surface area contributed by atoms with E-state index in [0.29, 0.717) is 12.1 Å². The van der Waals surface area contributed by atoms with E-state index < -0.39 is 0 Å². The van der Waals surface area contributed by atoms with Crippen LogP contribution in [0.3, 0.4) is 0 Å². The summed E-state index contributed by atoms with van der Waals surface area (Å²) in [6.45, 7) is 4.62. The van der Waals surface area contributed by atoms with Crippen molar-refractivity contribution in [2.75, 3.05) is 6.54 Å². The number of rotatable bonds is 5. The van der Waals surface area contributed by atoms with Crippen molar-refractivity contribution in [3.8, 4) is 0 Å². The van der Waals surface area contributed by atoms with Crippen LogP contribution in [0.2, 0.25) is 0 Å². The molecule has 0 aliphatic heterocycles. The minimum Gasteiger partial charge on any atom is -0.352 e. The van der Waals surface area contributed by atoms with Crippen LogP contribution in [0, 0.1) is 6.92 Å². The molecule has 94 valence electrons. The Hall–Kier alpha value is -0.540. The Bertz CT molecular complexity index is 375. The Kier molecular flexibility index (Phi) is 6.00. The summed E-state index contributed by atoms with van der Waals surface area (Å²) in [6.07, 6.45) is 1.73. The average Bonchev–Trinajstić information content (AvgIpc) is 2.27. The quantitative estimate of drug-likeness (QED) is 0.820. The molecule has 1 N–H and O–H groups in total. The van der Waals surface area contributed by atoms with Gasteiger partial charge in [0, 0.05) is 22.0 Å². The maximum Gasteiger partial charge on any atom is 0.251 e. The van der Waals surface area contributed by atoms with Gasteiger partial charge in [0.05, 0.1) is 0 Å². The van der Waals surface area contributed by atoms with Crippen molar-refractivity contribution in [3.05, 3.63) is 33.8 Å². The Morgan fingerprint density at radius 1 is 1.47 bits per heavy atom. The molecule has 1 atom stereocenters. The number of nitrogens with one attached hydrogen (secondary N) is 1. The lowest BCUT2D eigenvalue weighted by Crippen LogP contribution is -2.26. The smallest absolute Gasteiger partial charge is 0.251 e. The molecule has 0 saturated carbocycles. The number of hydrogen-bond acceptors (Lipinski definition) is 1. The minimum atomic E-state index is -0.0469. The van der Waals surface area contributed by atoms with Gasteiger partial charge in [-0.2, -0.15) is 0 Å². The van der Waals surface area contributed by atoms with E-state index in [-0.39, 0.29) is 11.3 Å². The minimum absolute atomic E-state index is 0.0469. The van der Waals surface area contributed by atoms with E-state index in [2.05, 4.69) is 21.2 Å². The van der Waals surface area contributed by atoms with Gasteiger partial charge in [0.2, 0.25) is 0 Å². The van der Waals surface area contributed by atoms with E-state index >= 15 is 0 Å². The Morgan fingerprint density at radius 3 is 2.76 bits per heavy atom. The molecule has 0 radical (unpaired) electrons. The van der Waals surface area contributed by atoms with Crippen molar-refractivity contribution in [1.82, 2.24) is 5.32 Å². The van der Waals surface area contributed by atoms with E-state index in [9.17, 15) is 4.79 Å². The first-order chi connectivity index (χ1) is 8.02. The fourth-order valence-electron chi connectivity index (χ4n) is 1.52. The molecule has 1 rings (SSSR count). The fourth-order valence-corrected chi connectivity index (χ4v) is 2.23. The normalized spacial score (nSPS) is 12.2. The highest BCUT2D eigenvalue weighted by molar-refractivity contribution is 9.10. The van der Waals surface area contributed by atoms with Gasteiger partial charge in [-0.15, -0.1) is 11.6 Å². The molecule has 1 aromatic rings. The number of hydrogen-bond donors (Lipinski definition) is 1.